The van der Waals surface area contributed by atoms with Crippen LogP contribution in [0.1, 0.15) is 55.8 Å². The van der Waals surface area contributed by atoms with Crippen LogP contribution in [0.5, 0.6) is 0 Å². The monoisotopic (exact) mass is 271 g/mol. The van der Waals surface area contributed by atoms with Crippen LogP contribution in [0.2, 0.25) is 0 Å². The van der Waals surface area contributed by atoms with Crippen molar-refractivity contribution in [3.05, 3.63) is 29.6 Å². The number of rotatable bonds is 2. The summed E-state index contributed by atoms with van der Waals surface area (Å²) in [6, 6.07) is 6.40. The molecule has 3 heterocycles. The minimum Gasteiger partial charge on any atom is -0.306 e. The number of aromatic nitrogens is 1. The maximum Gasteiger partial charge on any atom is 0.0605 e. The Balaban J connectivity index is 1.45. The van der Waals surface area contributed by atoms with E-state index in [4.69, 9.17) is 0 Å². The Kier molecular flexibility index (Phi) is 3.49. The van der Waals surface area contributed by atoms with Gasteiger partial charge in [-0.25, -0.2) is 0 Å². The number of piperidine rings is 1. The third kappa shape index (κ3) is 2.38. The molecule has 3 unspecified atom stereocenters. The van der Waals surface area contributed by atoms with Crippen LogP contribution < -0.4 is 5.32 Å². The van der Waals surface area contributed by atoms with Crippen LogP contribution in [-0.2, 0) is 6.42 Å². The maximum absolute atomic E-state index is 4.66. The highest BCUT2D eigenvalue weighted by Crippen LogP contribution is 2.31. The Labute approximate surface area is 121 Å². The largest absolute Gasteiger partial charge is 0.306 e. The summed E-state index contributed by atoms with van der Waals surface area (Å²) in [7, 11) is 0. The molecule has 108 valence electrons. The Morgan fingerprint density at radius 3 is 3.15 bits per heavy atom. The molecular formula is C17H25N3. The molecule has 4 rings (SSSR count). The standard InChI is InChI=1S/C17H25N3/c1-4-13-5-2-9-18-17(13)16(7-1)19-14-8-11-20-10-3-6-15(20)12-14/h2,5,9,14-16,19H,1,3-4,6-8,10-12H2. The van der Waals surface area contributed by atoms with E-state index in [2.05, 4.69) is 27.3 Å². The van der Waals surface area contributed by atoms with Crippen molar-refractivity contribution in [2.75, 3.05) is 13.1 Å². The van der Waals surface area contributed by atoms with Crippen molar-refractivity contribution in [2.45, 2.75) is 63.1 Å². The molecule has 0 bridgehead atoms. The van der Waals surface area contributed by atoms with Gasteiger partial charge in [0, 0.05) is 24.3 Å². The molecule has 1 aromatic heterocycles. The lowest BCUT2D eigenvalue weighted by atomic mass is 9.89. The summed E-state index contributed by atoms with van der Waals surface area (Å²) < 4.78 is 0. The van der Waals surface area contributed by atoms with Crippen molar-refractivity contribution in [1.82, 2.24) is 15.2 Å². The van der Waals surface area contributed by atoms with Crippen LogP contribution >= 0.6 is 0 Å². The van der Waals surface area contributed by atoms with E-state index < -0.39 is 0 Å². The predicted octanol–water partition coefficient (Wildman–Crippen LogP) is 2.68. The molecule has 3 atom stereocenters. The van der Waals surface area contributed by atoms with Gasteiger partial charge in [-0.2, -0.15) is 0 Å². The van der Waals surface area contributed by atoms with E-state index >= 15 is 0 Å². The molecule has 0 amide bonds. The van der Waals surface area contributed by atoms with Crippen LogP contribution in [0.3, 0.4) is 0 Å². The number of pyridine rings is 1. The molecular weight excluding hydrogens is 246 g/mol. The van der Waals surface area contributed by atoms with E-state index in [1.54, 1.807) is 0 Å². The van der Waals surface area contributed by atoms with Gasteiger partial charge in [-0.05, 0) is 69.7 Å². The normalized spacial score (nSPS) is 33.7. The van der Waals surface area contributed by atoms with E-state index in [1.807, 2.05) is 6.20 Å². The molecule has 3 nitrogen and oxygen atoms in total. The van der Waals surface area contributed by atoms with Gasteiger partial charge in [0.15, 0.2) is 0 Å². The Morgan fingerprint density at radius 1 is 1.15 bits per heavy atom. The zero-order valence-electron chi connectivity index (χ0n) is 12.2. The average Bonchev–Trinajstić information content (AvgIpc) is 2.95. The van der Waals surface area contributed by atoms with E-state index in [0.717, 1.165) is 6.04 Å². The Hall–Kier alpha value is -0.930. The van der Waals surface area contributed by atoms with Gasteiger partial charge in [0.1, 0.15) is 0 Å². The SMILES string of the molecule is c1cnc2c(c1)CCCC2NC1CCN2CCCC2C1. The van der Waals surface area contributed by atoms with Crippen LogP contribution in [0, 0.1) is 0 Å². The summed E-state index contributed by atoms with van der Waals surface area (Å²) in [6.07, 6.45) is 11.2. The lowest BCUT2D eigenvalue weighted by molar-refractivity contribution is 0.158. The number of hydrogen-bond acceptors (Lipinski definition) is 3. The molecule has 20 heavy (non-hydrogen) atoms. The van der Waals surface area contributed by atoms with E-state index in [1.165, 1.54) is 69.3 Å². The zero-order chi connectivity index (χ0) is 13.4. The molecule has 2 aliphatic heterocycles. The lowest BCUT2D eigenvalue weighted by Gasteiger charge is -2.38. The topological polar surface area (TPSA) is 28.2 Å². The molecule has 2 saturated heterocycles. The van der Waals surface area contributed by atoms with Gasteiger partial charge in [-0.3, -0.25) is 4.98 Å². The fourth-order valence-electron chi connectivity index (χ4n) is 4.43. The smallest absolute Gasteiger partial charge is 0.0605 e. The summed E-state index contributed by atoms with van der Waals surface area (Å²) >= 11 is 0. The first-order valence-corrected chi connectivity index (χ1v) is 8.34. The minimum absolute atomic E-state index is 0.498. The van der Waals surface area contributed by atoms with Crippen molar-refractivity contribution in [2.24, 2.45) is 0 Å². The molecule has 0 aromatic carbocycles. The van der Waals surface area contributed by atoms with Crippen molar-refractivity contribution in [1.29, 1.82) is 0 Å². The van der Waals surface area contributed by atoms with Crippen molar-refractivity contribution < 1.29 is 0 Å². The minimum atomic E-state index is 0.498. The first kappa shape index (κ1) is 12.8. The summed E-state index contributed by atoms with van der Waals surface area (Å²) in [5, 5.41) is 3.94. The number of hydrogen-bond donors (Lipinski definition) is 1. The van der Waals surface area contributed by atoms with Crippen LogP contribution in [0.25, 0.3) is 0 Å². The van der Waals surface area contributed by atoms with Crippen LogP contribution in [-0.4, -0.2) is 35.1 Å². The van der Waals surface area contributed by atoms with Gasteiger partial charge in [0.05, 0.1) is 5.69 Å². The van der Waals surface area contributed by atoms with Gasteiger partial charge in [-0.1, -0.05) is 6.07 Å². The molecule has 3 aliphatic rings. The maximum atomic E-state index is 4.66. The van der Waals surface area contributed by atoms with E-state index in [-0.39, 0.29) is 0 Å². The molecule has 1 aliphatic carbocycles. The summed E-state index contributed by atoms with van der Waals surface area (Å²) in [6.45, 7) is 2.63. The third-order valence-corrected chi connectivity index (χ3v) is 5.45. The average molecular weight is 271 g/mol. The molecule has 0 radical (unpaired) electrons. The molecule has 1 aromatic rings. The lowest BCUT2D eigenvalue weighted by Crippen LogP contribution is -2.47. The van der Waals surface area contributed by atoms with Gasteiger partial charge in [-0.15, -0.1) is 0 Å². The highest BCUT2D eigenvalue weighted by atomic mass is 15.2. The molecule has 0 saturated carbocycles. The quantitative estimate of drug-likeness (QED) is 0.896. The van der Waals surface area contributed by atoms with E-state index in [9.17, 15) is 0 Å². The highest BCUT2D eigenvalue weighted by Gasteiger charge is 2.33. The van der Waals surface area contributed by atoms with Crippen LogP contribution in [0.15, 0.2) is 18.3 Å². The third-order valence-electron chi connectivity index (χ3n) is 5.45. The predicted molar refractivity (Wildman–Crippen MR) is 80.7 cm³/mol. The summed E-state index contributed by atoms with van der Waals surface area (Å²) in [5.74, 6) is 0. The van der Waals surface area contributed by atoms with Gasteiger partial charge < -0.3 is 10.2 Å². The van der Waals surface area contributed by atoms with Crippen LogP contribution in [0.4, 0.5) is 0 Å². The second kappa shape index (κ2) is 5.45. The second-order valence-corrected chi connectivity index (χ2v) is 6.71. The first-order chi connectivity index (χ1) is 9.90. The van der Waals surface area contributed by atoms with Crippen molar-refractivity contribution >= 4 is 0 Å². The Bertz CT molecular complexity index is 473. The van der Waals surface area contributed by atoms with Gasteiger partial charge >= 0.3 is 0 Å². The van der Waals surface area contributed by atoms with Crippen molar-refractivity contribution in [3.63, 3.8) is 0 Å². The molecule has 1 N–H and O–H groups in total. The highest BCUT2D eigenvalue weighted by molar-refractivity contribution is 5.25. The summed E-state index contributed by atoms with van der Waals surface area (Å²) in [5.41, 5.74) is 2.79. The summed E-state index contributed by atoms with van der Waals surface area (Å²) in [4.78, 5) is 7.36. The molecule has 3 heteroatoms. The van der Waals surface area contributed by atoms with E-state index in [0.29, 0.717) is 12.1 Å². The number of nitrogens with one attached hydrogen (secondary N) is 1. The molecule has 0 spiro atoms. The second-order valence-electron chi connectivity index (χ2n) is 6.71. The van der Waals surface area contributed by atoms with Gasteiger partial charge in [0.25, 0.3) is 0 Å². The fourth-order valence-corrected chi connectivity index (χ4v) is 4.43. The van der Waals surface area contributed by atoms with Gasteiger partial charge in [0.2, 0.25) is 0 Å². The number of fused-ring (bicyclic) bond motifs is 2. The zero-order valence-corrected chi connectivity index (χ0v) is 12.2. The number of aryl methyl sites for hydroxylation is 1. The fraction of sp³-hybridized carbons (Fsp3) is 0.706. The number of nitrogens with zero attached hydrogens (tertiary/aromatic N) is 2. The molecule has 2 fully saturated rings. The first-order valence-electron chi connectivity index (χ1n) is 8.34. The Morgan fingerprint density at radius 2 is 2.15 bits per heavy atom. The van der Waals surface area contributed by atoms with Crippen molar-refractivity contribution in [3.8, 4) is 0 Å².